The number of nitrogens with zero attached hydrogens (tertiary/aromatic N) is 3. The molecule has 0 amide bonds. The molecule has 4 heteroatoms. The highest BCUT2D eigenvalue weighted by Gasteiger charge is 2.37. The fourth-order valence-electron chi connectivity index (χ4n) is 5.04. The van der Waals surface area contributed by atoms with Crippen molar-refractivity contribution in [1.29, 1.82) is 0 Å². The van der Waals surface area contributed by atoms with Crippen LogP contribution in [0.1, 0.15) is 18.9 Å². The molecule has 0 radical (unpaired) electrons. The third-order valence-corrected chi connectivity index (χ3v) is 6.44. The SMILES string of the molecule is C[C@@H]1CN2C[C@H](O)C[C@H]2CN1Cc1ccc2c3ccccc3n(C)c2c1. The van der Waals surface area contributed by atoms with Crippen LogP contribution in [-0.2, 0) is 13.6 Å². The lowest BCUT2D eigenvalue weighted by Crippen LogP contribution is -2.54. The normalized spacial score (nSPS) is 27.4. The summed E-state index contributed by atoms with van der Waals surface area (Å²) in [4.78, 5) is 5.06. The van der Waals surface area contributed by atoms with Crippen LogP contribution in [0.2, 0.25) is 0 Å². The molecule has 0 spiro atoms. The third-order valence-electron chi connectivity index (χ3n) is 6.44. The predicted molar refractivity (Wildman–Crippen MR) is 106 cm³/mol. The minimum Gasteiger partial charge on any atom is -0.392 e. The Morgan fingerprint density at radius 3 is 2.69 bits per heavy atom. The Bertz CT molecular complexity index is 963. The van der Waals surface area contributed by atoms with E-state index in [0.717, 1.165) is 32.6 Å². The lowest BCUT2D eigenvalue weighted by atomic mass is 10.1. The van der Waals surface area contributed by atoms with Crippen LogP contribution in [0, 0.1) is 0 Å². The largest absolute Gasteiger partial charge is 0.392 e. The first-order valence-corrected chi connectivity index (χ1v) is 9.72. The van der Waals surface area contributed by atoms with Crippen LogP contribution in [0.15, 0.2) is 42.5 Å². The molecule has 1 N–H and O–H groups in total. The lowest BCUT2D eigenvalue weighted by Gasteiger charge is -2.42. The average Bonchev–Trinajstić information content (AvgIpc) is 3.13. The predicted octanol–water partition coefficient (Wildman–Crippen LogP) is 2.97. The van der Waals surface area contributed by atoms with E-state index in [4.69, 9.17) is 0 Å². The third kappa shape index (κ3) is 2.56. The van der Waals surface area contributed by atoms with Crippen molar-refractivity contribution in [1.82, 2.24) is 14.4 Å². The fraction of sp³-hybridized carbons (Fsp3) is 0.455. The number of rotatable bonds is 2. The number of benzene rings is 2. The van der Waals surface area contributed by atoms with Gasteiger partial charge in [-0.05, 0) is 31.0 Å². The molecule has 0 unspecified atom stereocenters. The van der Waals surface area contributed by atoms with Gasteiger partial charge >= 0.3 is 0 Å². The summed E-state index contributed by atoms with van der Waals surface area (Å²) < 4.78 is 2.31. The Morgan fingerprint density at radius 2 is 1.81 bits per heavy atom. The van der Waals surface area contributed by atoms with Crippen LogP contribution in [0.4, 0.5) is 0 Å². The van der Waals surface area contributed by atoms with Crippen LogP contribution in [0.3, 0.4) is 0 Å². The number of aryl methyl sites for hydroxylation is 1. The van der Waals surface area contributed by atoms with E-state index < -0.39 is 0 Å². The molecule has 4 nitrogen and oxygen atoms in total. The standard InChI is InChI=1S/C22H27N3O/c1-15-11-25-14-18(26)10-17(25)13-24(15)12-16-7-8-20-19-5-3-4-6-21(19)23(2)22(20)9-16/h3-9,15,17-18,26H,10-14H2,1-2H3/t15-,17+,18-/m1/s1. The number of aromatic nitrogens is 1. The van der Waals surface area contributed by atoms with Crippen molar-refractivity contribution in [2.75, 3.05) is 19.6 Å². The first-order chi connectivity index (χ1) is 12.6. The molecule has 0 aliphatic carbocycles. The molecule has 2 aliphatic heterocycles. The molecule has 2 aromatic carbocycles. The van der Waals surface area contributed by atoms with E-state index in [9.17, 15) is 5.11 Å². The monoisotopic (exact) mass is 349 g/mol. The molecule has 0 saturated carbocycles. The topological polar surface area (TPSA) is 31.6 Å². The first-order valence-electron chi connectivity index (χ1n) is 9.72. The van der Waals surface area contributed by atoms with Gasteiger partial charge in [-0.3, -0.25) is 9.80 Å². The molecule has 2 aliphatic rings. The zero-order valence-electron chi connectivity index (χ0n) is 15.6. The van der Waals surface area contributed by atoms with Crippen LogP contribution in [-0.4, -0.2) is 57.3 Å². The highest BCUT2D eigenvalue weighted by atomic mass is 16.3. The molecule has 26 heavy (non-hydrogen) atoms. The van der Waals surface area contributed by atoms with Gasteiger partial charge in [0.2, 0.25) is 0 Å². The van der Waals surface area contributed by atoms with Gasteiger partial charge in [-0.2, -0.15) is 0 Å². The van der Waals surface area contributed by atoms with Crippen molar-refractivity contribution in [2.45, 2.75) is 38.1 Å². The molecule has 3 heterocycles. The first kappa shape index (κ1) is 16.3. The van der Waals surface area contributed by atoms with Gasteiger partial charge in [0.05, 0.1) is 6.10 Å². The maximum Gasteiger partial charge on any atom is 0.0682 e. The summed E-state index contributed by atoms with van der Waals surface area (Å²) >= 11 is 0. The van der Waals surface area contributed by atoms with Crippen molar-refractivity contribution < 1.29 is 5.11 Å². The van der Waals surface area contributed by atoms with E-state index >= 15 is 0 Å². The van der Waals surface area contributed by atoms with E-state index in [1.165, 1.54) is 27.4 Å². The highest BCUT2D eigenvalue weighted by Crippen LogP contribution is 2.30. The molecule has 5 rings (SSSR count). The number of fused-ring (bicyclic) bond motifs is 4. The summed E-state index contributed by atoms with van der Waals surface area (Å²) in [6, 6.07) is 16.6. The summed E-state index contributed by atoms with van der Waals surface area (Å²) in [7, 11) is 2.16. The number of hydrogen-bond acceptors (Lipinski definition) is 3. The number of para-hydroxylation sites is 1. The van der Waals surface area contributed by atoms with Gasteiger partial charge in [0.15, 0.2) is 0 Å². The van der Waals surface area contributed by atoms with Gasteiger partial charge in [-0.15, -0.1) is 0 Å². The number of aliphatic hydroxyl groups excluding tert-OH is 1. The summed E-state index contributed by atoms with van der Waals surface area (Å²) in [6.45, 7) is 6.28. The molecular weight excluding hydrogens is 322 g/mol. The summed E-state index contributed by atoms with van der Waals surface area (Å²) in [5, 5.41) is 12.6. The molecule has 2 saturated heterocycles. The maximum absolute atomic E-state index is 9.98. The van der Waals surface area contributed by atoms with Crippen LogP contribution >= 0.6 is 0 Å². The molecule has 1 aromatic heterocycles. The quantitative estimate of drug-likeness (QED) is 0.772. The zero-order valence-corrected chi connectivity index (χ0v) is 15.6. The Hall–Kier alpha value is -1.88. The fourth-order valence-corrected chi connectivity index (χ4v) is 5.04. The van der Waals surface area contributed by atoms with Gasteiger partial charge in [0.1, 0.15) is 0 Å². The molecule has 3 atom stereocenters. The second-order valence-corrected chi connectivity index (χ2v) is 8.20. The van der Waals surface area contributed by atoms with Gasteiger partial charge < -0.3 is 9.67 Å². The molecule has 3 aromatic rings. The Morgan fingerprint density at radius 1 is 1.00 bits per heavy atom. The van der Waals surface area contributed by atoms with Gasteiger partial charge in [0.25, 0.3) is 0 Å². The molecular formula is C22H27N3O. The van der Waals surface area contributed by atoms with E-state index in [1.54, 1.807) is 0 Å². The Kier molecular flexibility index (Phi) is 3.82. The van der Waals surface area contributed by atoms with E-state index in [1.807, 2.05) is 0 Å². The number of aliphatic hydroxyl groups is 1. The molecule has 136 valence electrons. The minimum absolute atomic E-state index is 0.140. The van der Waals surface area contributed by atoms with Gasteiger partial charge in [-0.25, -0.2) is 0 Å². The Labute approximate surface area is 154 Å². The summed E-state index contributed by atoms with van der Waals surface area (Å²) in [5.74, 6) is 0. The highest BCUT2D eigenvalue weighted by molar-refractivity contribution is 6.08. The summed E-state index contributed by atoms with van der Waals surface area (Å²) in [5.41, 5.74) is 3.98. The number of hydrogen-bond donors (Lipinski definition) is 1. The second kappa shape index (κ2) is 6.08. The molecule has 2 fully saturated rings. The van der Waals surface area contributed by atoms with Crippen molar-refractivity contribution in [3.63, 3.8) is 0 Å². The van der Waals surface area contributed by atoms with Crippen LogP contribution < -0.4 is 0 Å². The van der Waals surface area contributed by atoms with E-state index in [2.05, 4.69) is 70.8 Å². The zero-order chi connectivity index (χ0) is 17.8. The van der Waals surface area contributed by atoms with E-state index in [-0.39, 0.29) is 6.10 Å². The Balaban J connectivity index is 1.44. The van der Waals surface area contributed by atoms with Crippen molar-refractivity contribution >= 4 is 21.8 Å². The lowest BCUT2D eigenvalue weighted by molar-refractivity contribution is 0.0529. The second-order valence-electron chi connectivity index (χ2n) is 8.20. The van der Waals surface area contributed by atoms with E-state index in [0.29, 0.717) is 12.1 Å². The van der Waals surface area contributed by atoms with Gasteiger partial charge in [-0.1, -0.05) is 30.3 Å². The molecule has 0 bridgehead atoms. The number of piperazine rings is 1. The van der Waals surface area contributed by atoms with Crippen molar-refractivity contribution in [3.05, 3.63) is 48.0 Å². The van der Waals surface area contributed by atoms with Crippen molar-refractivity contribution in [2.24, 2.45) is 7.05 Å². The van der Waals surface area contributed by atoms with Crippen molar-refractivity contribution in [3.8, 4) is 0 Å². The van der Waals surface area contributed by atoms with Crippen LogP contribution in [0.25, 0.3) is 21.8 Å². The maximum atomic E-state index is 9.98. The summed E-state index contributed by atoms with van der Waals surface area (Å²) in [6.07, 6.45) is 0.783. The smallest absolute Gasteiger partial charge is 0.0682 e. The average molecular weight is 349 g/mol. The minimum atomic E-state index is -0.140. The van der Waals surface area contributed by atoms with Gasteiger partial charge in [0, 0.05) is 67.1 Å². The van der Waals surface area contributed by atoms with Crippen LogP contribution in [0.5, 0.6) is 0 Å².